The zero-order valence-corrected chi connectivity index (χ0v) is 13.1. The van der Waals surface area contributed by atoms with Gasteiger partial charge in [0.25, 0.3) is 0 Å². The van der Waals surface area contributed by atoms with Crippen molar-refractivity contribution in [2.75, 3.05) is 5.73 Å². The molecule has 0 radical (unpaired) electrons. The van der Waals surface area contributed by atoms with Crippen molar-refractivity contribution in [1.82, 2.24) is 0 Å². The van der Waals surface area contributed by atoms with Gasteiger partial charge in [0.15, 0.2) is 0 Å². The first-order valence-electron chi connectivity index (χ1n) is 7.29. The molecule has 0 aromatic heterocycles. The zero-order chi connectivity index (χ0) is 15.4. The summed E-state index contributed by atoms with van der Waals surface area (Å²) >= 11 is 0. The number of hydrogen-bond donors (Lipinski definition) is 1. The molecule has 3 heteroatoms. The highest BCUT2D eigenvalue weighted by molar-refractivity contribution is 5.56. The fourth-order valence-electron chi connectivity index (χ4n) is 1.99. The predicted octanol–water partition coefficient (Wildman–Crippen LogP) is 4.97. The topological polar surface area (TPSA) is 44.5 Å². The molecular formula is C18H23NO2. The Hall–Kier alpha value is -2.16. The van der Waals surface area contributed by atoms with Gasteiger partial charge in [-0.15, -0.1) is 0 Å². The van der Waals surface area contributed by atoms with E-state index in [1.165, 1.54) is 5.56 Å². The van der Waals surface area contributed by atoms with Gasteiger partial charge in [-0.3, -0.25) is 0 Å². The normalized spacial score (nSPS) is 11.0. The second-order valence-corrected chi connectivity index (χ2v) is 5.69. The van der Waals surface area contributed by atoms with Crippen molar-refractivity contribution in [1.29, 1.82) is 0 Å². The third kappa shape index (κ3) is 4.15. The minimum absolute atomic E-state index is 0.0767. The SMILES string of the molecule is CC(C)Oc1cc(Oc2ccc(C(C)C)cc2)ccc1N. The molecule has 0 spiro atoms. The minimum Gasteiger partial charge on any atom is -0.489 e. The first-order valence-corrected chi connectivity index (χ1v) is 7.29. The van der Waals surface area contributed by atoms with Crippen molar-refractivity contribution >= 4 is 5.69 Å². The second-order valence-electron chi connectivity index (χ2n) is 5.69. The van der Waals surface area contributed by atoms with Gasteiger partial charge < -0.3 is 15.2 Å². The Labute approximate surface area is 126 Å². The maximum absolute atomic E-state index is 5.90. The lowest BCUT2D eigenvalue weighted by Gasteiger charge is -2.14. The summed E-state index contributed by atoms with van der Waals surface area (Å²) in [5.41, 5.74) is 7.82. The van der Waals surface area contributed by atoms with Crippen molar-refractivity contribution in [2.24, 2.45) is 0 Å². The van der Waals surface area contributed by atoms with Gasteiger partial charge in [-0.1, -0.05) is 26.0 Å². The molecule has 0 saturated heterocycles. The van der Waals surface area contributed by atoms with E-state index in [2.05, 4.69) is 26.0 Å². The van der Waals surface area contributed by atoms with Gasteiger partial charge in [0, 0.05) is 6.07 Å². The number of anilines is 1. The maximum Gasteiger partial charge on any atom is 0.146 e. The van der Waals surface area contributed by atoms with Crippen LogP contribution in [0.1, 0.15) is 39.2 Å². The smallest absolute Gasteiger partial charge is 0.146 e. The number of hydrogen-bond acceptors (Lipinski definition) is 3. The lowest BCUT2D eigenvalue weighted by Crippen LogP contribution is -2.07. The lowest BCUT2D eigenvalue weighted by molar-refractivity contribution is 0.243. The molecule has 0 bridgehead atoms. The fourth-order valence-corrected chi connectivity index (χ4v) is 1.99. The van der Waals surface area contributed by atoms with Crippen molar-refractivity contribution in [2.45, 2.75) is 39.7 Å². The zero-order valence-electron chi connectivity index (χ0n) is 13.1. The van der Waals surface area contributed by atoms with Crippen LogP contribution < -0.4 is 15.2 Å². The number of rotatable bonds is 5. The van der Waals surface area contributed by atoms with Gasteiger partial charge in [0.2, 0.25) is 0 Å². The molecule has 0 heterocycles. The lowest BCUT2D eigenvalue weighted by atomic mass is 10.0. The van der Waals surface area contributed by atoms with Gasteiger partial charge in [0.1, 0.15) is 17.2 Å². The number of nitrogens with two attached hydrogens (primary N) is 1. The summed E-state index contributed by atoms with van der Waals surface area (Å²) in [6.45, 7) is 8.28. The van der Waals surface area contributed by atoms with Crippen LogP contribution in [0, 0.1) is 0 Å². The summed E-state index contributed by atoms with van der Waals surface area (Å²) in [6, 6.07) is 13.6. The van der Waals surface area contributed by atoms with E-state index in [4.69, 9.17) is 15.2 Å². The molecule has 0 amide bonds. The summed E-state index contributed by atoms with van der Waals surface area (Å²) in [5.74, 6) is 2.69. The van der Waals surface area contributed by atoms with Crippen LogP contribution in [0.25, 0.3) is 0 Å². The molecule has 21 heavy (non-hydrogen) atoms. The van der Waals surface area contributed by atoms with Crippen LogP contribution in [0.5, 0.6) is 17.2 Å². The van der Waals surface area contributed by atoms with Crippen molar-refractivity contribution < 1.29 is 9.47 Å². The van der Waals surface area contributed by atoms with Crippen LogP contribution in [-0.2, 0) is 0 Å². The molecule has 112 valence electrons. The number of benzene rings is 2. The Balaban J connectivity index is 2.15. The third-order valence-corrected chi connectivity index (χ3v) is 3.13. The molecule has 2 aromatic carbocycles. The van der Waals surface area contributed by atoms with Crippen molar-refractivity contribution in [3.63, 3.8) is 0 Å². The molecule has 3 nitrogen and oxygen atoms in total. The Morgan fingerprint density at radius 1 is 0.857 bits per heavy atom. The average molecular weight is 285 g/mol. The van der Waals surface area contributed by atoms with Crippen LogP contribution in [0.4, 0.5) is 5.69 Å². The molecule has 0 aliphatic heterocycles. The van der Waals surface area contributed by atoms with Gasteiger partial charge >= 0.3 is 0 Å². The second kappa shape index (κ2) is 6.53. The summed E-state index contributed by atoms with van der Waals surface area (Å²) in [4.78, 5) is 0. The van der Waals surface area contributed by atoms with E-state index in [1.54, 1.807) is 6.07 Å². The Morgan fingerprint density at radius 3 is 2.05 bits per heavy atom. The summed E-state index contributed by atoms with van der Waals surface area (Å²) in [5, 5.41) is 0. The molecule has 0 aliphatic carbocycles. The molecule has 2 N–H and O–H groups in total. The highest BCUT2D eigenvalue weighted by Gasteiger charge is 2.06. The van der Waals surface area contributed by atoms with Gasteiger partial charge in [-0.05, 0) is 49.6 Å². The quantitative estimate of drug-likeness (QED) is 0.789. The fraction of sp³-hybridized carbons (Fsp3) is 0.333. The third-order valence-electron chi connectivity index (χ3n) is 3.13. The standard InChI is InChI=1S/C18H23NO2/c1-12(2)14-5-7-15(8-6-14)21-16-9-10-17(19)18(11-16)20-13(3)4/h5-13H,19H2,1-4H3. The van der Waals surface area contributed by atoms with E-state index in [1.807, 2.05) is 38.1 Å². The van der Waals surface area contributed by atoms with Gasteiger partial charge in [-0.25, -0.2) is 0 Å². The maximum atomic E-state index is 5.90. The highest BCUT2D eigenvalue weighted by Crippen LogP contribution is 2.31. The molecule has 0 fully saturated rings. The molecule has 0 atom stereocenters. The number of nitrogen functional groups attached to an aromatic ring is 1. The van der Waals surface area contributed by atoms with Crippen LogP contribution in [0.2, 0.25) is 0 Å². The molecular weight excluding hydrogens is 262 g/mol. The molecule has 0 aliphatic rings. The van der Waals surface area contributed by atoms with E-state index in [-0.39, 0.29) is 6.10 Å². The largest absolute Gasteiger partial charge is 0.489 e. The molecule has 2 aromatic rings. The summed E-state index contributed by atoms with van der Waals surface area (Å²) in [7, 11) is 0. The minimum atomic E-state index is 0.0767. The Kier molecular flexibility index (Phi) is 4.73. The van der Waals surface area contributed by atoms with Gasteiger partial charge in [0.05, 0.1) is 11.8 Å². The van der Waals surface area contributed by atoms with E-state index in [0.29, 0.717) is 17.4 Å². The van der Waals surface area contributed by atoms with E-state index in [9.17, 15) is 0 Å². The molecule has 2 rings (SSSR count). The molecule has 0 saturated carbocycles. The first-order chi connectivity index (χ1) is 9.95. The first kappa shape index (κ1) is 15.2. The van der Waals surface area contributed by atoms with Crippen LogP contribution in [0.3, 0.4) is 0 Å². The van der Waals surface area contributed by atoms with Crippen molar-refractivity contribution in [3.05, 3.63) is 48.0 Å². The average Bonchev–Trinajstić information content (AvgIpc) is 2.42. The van der Waals surface area contributed by atoms with Gasteiger partial charge in [-0.2, -0.15) is 0 Å². The monoisotopic (exact) mass is 285 g/mol. The summed E-state index contributed by atoms with van der Waals surface area (Å²) < 4.78 is 11.5. The molecule has 0 unspecified atom stereocenters. The summed E-state index contributed by atoms with van der Waals surface area (Å²) in [6.07, 6.45) is 0.0767. The predicted molar refractivity (Wildman–Crippen MR) is 87.2 cm³/mol. The van der Waals surface area contributed by atoms with Crippen LogP contribution in [0.15, 0.2) is 42.5 Å². The van der Waals surface area contributed by atoms with Crippen LogP contribution >= 0.6 is 0 Å². The van der Waals surface area contributed by atoms with E-state index >= 15 is 0 Å². The van der Waals surface area contributed by atoms with Crippen LogP contribution in [-0.4, -0.2) is 6.10 Å². The Bertz CT molecular complexity index is 589. The highest BCUT2D eigenvalue weighted by atomic mass is 16.5. The van der Waals surface area contributed by atoms with E-state index in [0.717, 1.165) is 11.5 Å². The van der Waals surface area contributed by atoms with Crippen molar-refractivity contribution in [3.8, 4) is 17.2 Å². The van der Waals surface area contributed by atoms with E-state index < -0.39 is 0 Å². The Morgan fingerprint density at radius 2 is 1.48 bits per heavy atom. The number of ether oxygens (including phenoxy) is 2.